The maximum Gasteiger partial charge on any atom is 0.302 e. The Morgan fingerprint density at radius 1 is 1.65 bits per heavy atom. The second-order valence-corrected chi connectivity index (χ2v) is 4.12. The molecule has 1 aromatic heterocycles. The van der Waals surface area contributed by atoms with E-state index in [1.54, 1.807) is 11.0 Å². The predicted molar refractivity (Wildman–Crippen MR) is 60.6 cm³/mol. The zero-order valence-electron chi connectivity index (χ0n) is 9.27. The summed E-state index contributed by atoms with van der Waals surface area (Å²) in [5.41, 5.74) is 1.43. The monoisotopic (exact) mass is 254 g/mol. The molecule has 0 aliphatic carbocycles. The van der Waals surface area contributed by atoms with Gasteiger partial charge in [-0.05, 0) is 11.6 Å². The molecule has 0 saturated carbocycles. The molecule has 0 bridgehead atoms. The van der Waals surface area contributed by atoms with Crippen LogP contribution in [0.5, 0.6) is 0 Å². The Morgan fingerprint density at radius 2 is 2.41 bits per heavy atom. The lowest BCUT2D eigenvalue weighted by Crippen LogP contribution is -2.28. The lowest BCUT2D eigenvalue weighted by atomic mass is 10.2. The van der Waals surface area contributed by atoms with Crippen LogP contribution in [0.25, 0.3) is 0 Å². The average Bonchev–Trinajstić information content (AvgIpc) is 2.55. The summed E-state index contributed by atoms with van der Waals surface area (Å²) in [7, 11) is 0. The van der Waals surface area contributed by atoms with Gasteiger partial charge in [-0.3, -0.25) is 9.59 Å². The Morgan fingerprint density at radius 3 is 3.12 bits per heavy atom. The quantitative estimate of drug-likeness (QED) is 0.602. The summed E-state index contributed by atoms with van der Waals surface area (Å²) >= 11 is 5.75. The number of fused-ring (bicyclic) bond motifs is 1. The fourth-order valence-electron chi connectivity index (χ4n) is 1.72. The Kier molecular flexibility index (Phi) is 3.28. The van der Waals surface area contributed by atoms with Crippen LogP contribution in [-0.2, 0) is 16.1 Å². The fourth-order valence-corrected chi connectivity index (χ4v) is 1.90. The molecule has 1 aliphatic rings. The van der Waals surface area contributed by atoms with Crippen molar-refractivity contribution in [3.63, 3.8) is 0 Å². The number of carbonyl (C=O) groups excluding carboxylic acids is 2. The number of ether oxygens (including phenoxy) is 1. The minimum atomic E-state index is -0.348. The first-order valence-corrected chi connectivity index (χ1v) is 5.53. The van der Waals surface area contributed by atoms with E-state index in [1.807, 2.05) is 0 Å². The minimum absolute atomic E-state index is 0.101. The number of halogens is 1. The first-order valence-electron chi connectivity index (χ1n) is 5.15. The number of amides is 1. The molecule has 0 fully saturated rings. The Balaban J connectivity index is 2.02. The van der Waals surface area contributed by atoms with E-state index in [0.717, 1.165) is 5.56 Å². The molecule has 0 N–H and O–H groups in total. The standard InChI is InChI=1S/C11H11ClN2O3/c1-7(15)17-3-2-14-6-8-4-10(12)13-5-9(8)11(14)16/h4-5H,2-3,6H2,1H3. The molecule has 0 aromatic carbocycles. The Hall–Kier alpha value is -1.62. The van der Waals surface area contributed by atoms with E-state index < -0.39 is 0 Å². The highest BCUT2D eigenvalue weighted by molar-refractivity contribution is 6.29. The van der Waals surface area contributed by atoms with Crippen LogP contribution in [-0.4, -0.2) is 34.9 Å². The zero-order chi connectivity index (χ0) is 12.4. The largest absolute Gasteiger partial charge is 0.464 e. The molecule has 5 nitrogen and oxygen atoms in total. The van der Waals surface area contributed by atoms with Crippen molar-refractivity contribution in [3.05, 3.63) is 28.5 Å². The first-order chi connectivity index (χ1) is 8.08. The second-order valence-electron chi connectivity index (χ2n) is 3.73. The van der Waals surface area contributed by atoms with Gasteiger partial charge in [0.15, 0.2) is 0 Å². The molecule has 0 saturated heterocycles. The lowest BCUT2D eigenvalue weighted by molar-refractivity contribution is -0.141. The number of hydrogen-bond donors (Lipinski definition) is 0. The molecule has 1 aromatic rings. The summed E-state index contributed by atoms with van der Waals surface area (Å²) in [5, 5.41) is 0.374. The molecule has 1 amide bonds. The summed E-state index contributed by atoms with van der Waals surface area (Å²) < 4.78 is 4.80. The van der Waals surface area contributed by atoms with E-state index in [2.05, 4.69) is 4.98 Å². The van der Waals surface area contributed by atoms with Gasteiger partial charge in [-0.1, -0.05) is 11.6 Å². The van der Waals surface area contributed by atoms with Gasteiger partial charge in [0.25, 0.3) is 5.91 Å². The van der Waals surface area contributed by atoms with E-state index in [1.165, 1.54) is 13.1 Å². The van der Waals surface area contributed by atoms with E-state index in [9.17, 15) is 9.59 Å². The van der Waals surface area contributed by atoms with Crippen LogP contribution in [0.4, 0.5) is 0 Å². The number of carbonyl (C=O) groups is 2. The number of esters is 1. The van der Waals surface area contributed by atoms with Crippen LogP contribution in [0.15, 0.2) is 12.3 Å². The van der Waals surface area contributed by atoms with Crippen LogP contribution in [0.2, 0.25) is 5.15 Å². The lowest BCUT2D eigenvalue weighted by Gasteiger charge is -2.14. The van der Waals surface area contributed by atoms with Crippen molar-refractivity contribution < 1.29 is 14.3 Å². The van der Waals surface area contributed by atoms with Crippen molar-refractivity contribution in [1.82, 2.24) is 9.88 Å². The molecule has 0 unspecified atom stereocenters. The van der Waals surface area contributed by atoms with Gasteiger partial charge in [0.1, 0.15) is 11.8 Å². The third-order valence-electron chi connectivity index (χ3n) is 2.50. The smallest absolute Gasteiger partial charge is 0.302 e. The SMILES string of the molecule is CC(=O)OCCN1Cc2cc(Cl)ncc2C1=O. The summed E-state index contributed by atoms with van der Waals surface area (Å²) in [4.78, 5) is 28.0. The Labute approximate surface area is 103 Å². The van der Waals surface area contributed by atoms with Gasteiger partial charge >= 0.3 is 5.97 Å². The highest BCUT2D eigenvalue weighted by atomic mass is 35.5. The van der Waals surface area contributed by atoms with Gasteiger partial charge in [0.05, 0.1) is 12.1 Å². The fraction of sp³-hybridized carbons (Fsp3) is 0.364. The van der Waals surface area contributed by atoms with Gasteiger partial charge in [0.2, 0.25) is 0 Å². The van der Waals surface area contributed by atoms with Crippen LogP contribution in [0.1, 0.15) is 22.8 Å². The normalized spacial score (nSPS) is 13.8. The molecule has 0 atom stereocenters. The van der Waals surface area contributed by atoms with Crippen molar-refractivity contribution in [3.8, 4) is 0 Å². The average molecular weight is 255 g/mol. The van der Waals surface area contributed by atoms with Gasteiger partial charge in [0, 0.05) is 19.7 Å². The summed E-state index contributed by atoms with van der Waals surface area (Å²) in [6, 6.07) is 1.68. The number of nitrogens with zero attached hydrogens (tertiary/aromatic N) is 2. The summed E-state index contributed by atoms with van der Waals surface area (Å²) in [5.74, 6) is -0.449. The summed E-state index contributed by atoms with van der Waals surface area (Å²) in [6.07, 6.45) is 1.48. The van der Waals surface area contributed by atoms with Gasteiger partial charge in [-0.25, -0.2) is 4.98 Å². The molecular weight excluding hydrogens is 244 g/mol. The summed E-state index contributed by atoms with van der Waals surface area (Å²) in [6.45, 7) is 2.41. The maximum atomic E-state index is 11.9. The topological polar surface area (TPSA) is 59.5 Å². The minimum Gasteiger partial charge on any atom is -0.464 e. The van der Waals surface area contributed by atoms with Crippen LogP contribution >= 0.6 is 11.6 Å². The predicted octanol–water partition coefficient (Wildman–Crippen LogP) is 1.25. The van der Waals surface area contributed by atoms with Crippen molar-refractivity contribution in [2.24, 2.45) is 0 Å². The Bertz CT molecular complexity index is 476. The van der Waals surface area contributed by atoms with Crippen LogP contribution < -0.4 is 0 Å². The van der Waals surface area contributed by atoms with E-state index in [0.29, 0.717) is 23.8 Å². The van der Waals surface area contributed by atoms with Crippen molar-refractivity contribution in [2.75, 3.05) is 13.2 Å². The molecule has 6 heteroatoms. The van der Waals surface area contributed by atoms with Crippen LogP contribution in [0, 0.1) is 0 Å². The third kappa shape index (κ3) is 2.55. The van der Waals surface area contributed by atoms with Crippen molar-refractivity contribution in [2.45, 2.75) is 13.5 Å². The molecule has 90 valence electrons. The third-order valence-corrected chi connectivity index (χ3v) is 2.71. The maximum absolute atomic E-state index is 11.9. The number of pyridine rings is 1. The molecule has 2 rings (SSSR count). The van der Waals surface area contributed by atoms with Gasteiger partial charge < -0.3 is 9.64 Å². The molecule has 0 spiro atoms. The zero-order valence-corrected chi connectivity index (χ0v) is 10.0. The van der Waals surface area contributed by atoms with Gasteiger partial charge in [-0.2, -0.15) is 0 Å². The molecular formula is C11H11ClN2O3. The van der Waals surface area contributed by atoms with Gasteiger partial charge in [-0.15, -0.1) is 0 Å². The molecule has 0 radical (unpaired) electrons. The van der Waals surface area contributed by atoms with E-state index in [-0.39, 0.29) is 18.5 Å². The van der Waals surface area contributed by atoms with Crippen molar-refractivity contribution in [1.29, 1.82) is 0 Å². The second kappa shape index (κ2) is 4.71. The highest BCUT2D eigenvalue weighted by Crippen LogP contribution is 2.23. The van der Waals surface area contributed by atoms with Crippen LogP contribution in [0.3, 0.4) is 0 Å². The van der Waals surface area contributed by atoms with E-state index >= 15 is 0 Å². The number of aromatic nitrogens is 1. The number of hydrogen-bond acceptors (Lipinski definition) is 4. The first kappa shape index (κ1) is 11.9. The number of rotatable bonds is 3. The molecule has 1 aliphatic heterocycles. The molecule has 17 heavy (non-hydrogen) atoms. The van der Waals surface area contributed by atoms with E-state index in [4.69, 9.17) is 16.3 Å². The highest BCUT2D eigenvalue weighted by Gasteiger charge is 2.27. The van der Waals surface area contributed by atoms with Crippen molar-refractivity contribution >= 4 is 23.5 Å². The molecule has 2 heterocycles.